The standard InChI is InChI=1S/C30H29N3O7S/c1-18-11-19(2)13-21(12-18)31-27(34)16-33-29(36)26(41-30(33)37)15-20-9-10-24(25(14-20)39-4)40-17-28(35)32-22-7-5-6-8-23(22)38-3/h5-15H,16-17H2,1-4H3,(H,31,34)(H,32,35)/b26-15-. The van der Waals surface area contributed by atoms with Gasteiger partial charge in [0.05, 0.1) is 24.8 Å². The number of nitrogens with one attached hydrogen (secondary N) is 2. The third-order valence-corrected chi connectivity index (χ3v) is 6.81. The summed E-state index contributed by atoms with van der Waals surface area (Å²) in [4.78, 5) is 51.5. The molecular weight excluding hydrogens is 546 g/mol. The second kappa shape index (κ2) is 13.1. The molecule has 0 bridgehead atoms. The number of anilines is 2. The Bertz CT molecular complexity index is 1520. The lowest BCUT2D eigenvalue weighted by Gasteiger charge is -2.13. The number of methoxy groups -OCH3 is 2. The zero-order valence-electron chi connectivity index (χ0n) is 23.0. The van der Waals surface area contributed by atoms with Gasteiger partial charge >= 0.3 is 0 Å². The number of benzene rings is 3. The Kier molecular flexibility index (Phi) is 9.30. The Morgan fingerprint density at radius 2 is 1.56 bits per heavy atom. The van der Waals surface area contributed by atoms with E-state index in [-0.39, 0.29) is 11.5 Å². The molecule has 212 valence electrons. The van der Waals surface area contributed by atoms with Gasteiger partial charge in [-0.25, -0.2) is 0 Å². The van der Waals surface area contributed by atoms with Crippen molar-refractivity contribution in [1.82, 2.24) is 4.90 Å². The predicted octanol–water partition coefficient (Wildman–Crippen LogP) is 5.01. The molecular formula is C30H29N3O7S. The van der Waals surface area contributed by atoms with Gasteiger partial charge in [0.1, 0.15) is 12.3 Å². The van der Waals surface area contributed by atoms with Gasteiger partial charge in [0.25, 0.3) is 17.1 Å². The molecule has 1 fully saturated rings. The van der Waals surface area contributed by atoms with Crippen molar-refractivity contribution in [2.45, 2.75) is 13.8 Å². The number of nitrogens with zero attached hydrogens (tertiary/aromatic N) is 1. The predicted molar refractivity (Wildman–Crippen MR) is 157 cm³/mol. The first kappa shape index (κ1) is 29.2. The molecule has 0 saturated carbocycles. The van der Waals surface area contributed by atoms with Crippen LogP contribution in [0.25, 0.3) is 6.08 Å². The van der Waals surface area contributed by atoms with Crippen LogP contribution >= 0.6 is 11.8 Å². The Labute approximate surface area is 241 Å². The average molecular weight is 576 g/mol. The maximum Gasteiger partial charge on any atom is 0.294 e. The Balaban J connectivity index is 1.39. The fourth-order valence-electron chi connectivity index (χ4n) is 4.15. The van der Waals surface area contributed by atoms with E-state index in [9.17, 15) is 19.2 Å². The van der Waals surface area contributed by atoms with Gasteiger partial charge in [-0.05, 0) is 84.8 Å². The molecule has 0 spiro atoms. The number of ether oxygens (including phenoxy) is 3. The summed E-state index contributed by atoms with van der Waals surface area (Å²) in [6, 6.07) is 17.5. The van der Waals surface area contributed by atoms with E-state index in [1.54, 1.807) is 42.5 Å². The van der Waals surface area contributed by atoms with Crippen molar-refractivity contribution in [2.24, 2.45) is 0 Å². The van der Waals surface area contributed by atoms with Crippen LogP contribution in [-0.4, -0.2) is 55.2 Å². The molecule has 1 heterocycles. The number of hydrogen-bond acceptors (Lipinski definition) is 8. The SMILES string of the molecule is COc1ccccc1NC(=O)COc1ccc(/C=C2\SC(=O)N(CC(=O)Nc3cc(C)cc(C)c3)C2=O)cc1OC. The van der Waals surface area contributed by atoms with Gasteiger partial charge < -0.3 is 24.8 Å². The Morgan fingerprint density at radius 3 is 2.27 bits per heavy atom. The highest BCUT2D eigenvalue weighted by Crippen LogP contribution is 2.34. The molecule has 1 aliphatic heterocycles. The molecule has 4 amide bonds. The summed E-state index contributed by atoms with van der Waals surface area (Å²) in [6.45, 7) is 3.15. The average Bonchev–Trinajstić information content (AvgIpc) is 3.19. The fourth-order valence-corrected chi connectivity index (χ4v) is 4.99. The van der Waals surface area contributed by atoms with E-state index >= 15 is 0 Å². The van der Waals surface area contributed by atoms with Crippen LogP contribution in [0.15, 0.2) is 65.6 Å². The molecule has 0 unspecified atom stereocenters. The molecule has 3 aromatic rings. The highest BCUT2D eigenvalue weighted by atomic mass is 32.2. The molecule has 11 heteroatoms. The number of carbonyl (C=O) groups is 4. The number of imide groups is 1. The zero-order valence-corrected chi connectivity index (χ0v) is 23.8. The highest BCUT2D eigenvalue weighted by Gasteiger charge is 2.36. The van der Waals surface area contributed by atoms with Crippen LogP contribution in [0.2, 0.25) is 0 Å². The summed E-state index contributed by atoms with van der Waals surface area (Å²) >= 11 is 0.749. The van der Waals surface area contributed by atoms with E-state index in [2.05, 4.69) is 10.6 Å². The van der Waals surface area contributed by atoms with E-state index in [1.165, 1.54) is 20.3 Å². The smallest absolute Gasteiger partial charge is 0.294 e. The number of aryl methyl sites for hydroxylation is 2. The molecule has 1 saturated heterocycles. The zero-order chi connectivity index (χ0) is 29.5. The molecule has 0 atom stereocenters. The first-order valence-corrected chi connectivity index (χ1v) is 13.4. The van der Waals surface area contributed by atoms with Gasteiger partial charge in [-0.3, -0.25) is 24.1 Å². The van der Waals surface area contributed by atoms with Crippen molar-refractivity contribution in [2.75, 3.05) is 38.0 Å². The highest BCUT2D eigenvalue weighted by molar-refractivity contribution is 8.18. The summed E-state index contributed by atoms with van der Waals surface area (Å²) in [6.07, 6.45) is 1.54. The van der Waals surface area contributed by atoms with Gasteiger partial charge in [-0.1, -0.05) is 24.3 Å². The summed E-state index contributed by atoms with van der Waals surface area (Å²) in [7, 11) is 2.96. The van der Waals surface area contributed by atoms with Crippen LogP contribution in [0.4, 0.5) is 16.2 Å². The topological polar surface area (TPSA) is 123 Å². The number of rotatable bonds is 10. The largest absolute Gasteiger partial charge is 0.495 e. The van der Waals surface area contributed by atoms with E-state index in [0.717, 1.165) is 27.8 Å². The van der Waals surface area contributed by atoms with Crippen molar-refractivity contribution in [3.05, 3.63) is 82.3 Å². The van der Waals surface area contributed by atoms with Crippen molar-refractivity contribution >= 4 is 52.2 Å². The lowest BCUT2D eigenvalue weighted by Crippen LogP contribution is -2.36. The summed E-state index contributed by atoms with van der Waals surface area (Å²) in [5.41, 5.74) is 3.65. The molecule has 1 aliphatic rings. The Morgan fingerprint density at radius 1 is 0.854 bits per heavy atom. The van der Waals surface area contributed by atoms with Gasteiger partial charge in [-0.15, -0.1) is 0 Å². The molecule has 10 nitrogen and oxygen atoms in total. The van der Waals surface area contributed by atoms with Crippen LogP contribution < -0.4 is 24.8 Å². The minimum atomic E-state index is -0.567. The van der Waals surface area contributed by atoms with Gasteiger partial charge in [0, 0.05) is 5.69 Å². The minimum absolute atomic E-state index is 0.168. The van der Waals surface area contributed by atoms with Crippen molar-refractivity contribution in [1.29, 1.82) is 0 Å². The number of hydrogen-bond donors (Lipinski definition) is 2. The molecule has 41 heavy (non-hydrogen) atoms. The Hall–Kier alpha value is -4.77. The number of amides is 4. The van der Waals surface area contributed by atoms with Crippen molar-refractivity contribution in [3.63, 3.8) is 0 Å². The number of carbonyl (C=O) groups excluding carboxylic acids is 4. The second-order valence-corrected chi connectivity index (χ2v) is 10.1. The summed E-state index contributed by atoms with van der Waals surface area (Å²) in [5.74, 6) is -0.267. The van der Waals surface area contributed by atoms with E-state index < -0.39 is 29.5 Å². The van der Waals surface area contributed by atoms with Crippen molar-refractivity contribution in [3.8, 4) is 17.2 Å². The van der Waals surface area contributed by atoms with Crippen LogP contribution in [-0.2, 0) is 14.4 Å². The first-order chi connectivity index (χ1) is 19.7. The quantitative estimate of drug-likeness (QED) is 0.324. The molecule has 0 aliphatic carbocycles. The molecule has 0 radical (unpaired) electrons. The lowest BCUT2D eigenvalue weighted by molar-refractivity contribution is -0.127. The number of thioether (sulfide) groups is 1. The lowest BCUT2D eigenvalue weighted by atomic mass is 10.1. The van der Waals surface area contributed by atoms with Gasteiger partial charge in [0.15, 0.2) is 18.1 Å². The van der Waals surface area contributed by atoms with Crippen LogP contribution in [0.5, 0.6) is 17.2 Å². The van der Waals surface area contributed by atoms with Gasteiger partial charge in [0.2, 0.25) is 5.91 Å². The fraction of sp³-hybridized carbons (Fsp3) is 0.200. The molecule has 4 rings (SSSR count). The van der Waals surface area contributed by atoms with Crippen LogP contribution in [0.3, 0.4) is 0 Å². The number of para-hydroxylation sites is 2. The normalized spacial score (nSPS) is 13.8. The molecule has 3 aromatic carbocycles. The first-order valence-electron chi connectivity index (χ1n) is 12.5. The third kappa shape index (κ3) is 7.46. The van der Waals surface area contributed by atoms with E-state index in [1.807, 2.05) is 32.0 Å². The summed E-state index contributed by atoms with van der Waals surface area (Å²) < 4.78 is 16.3. The van der Waals surface area contributed by atoms with Crippen molar-refractivity contribution < 1.29 is 33.4 Å². The maximum atomic E-state index is 12.9. The second-order valence-electron chi connectivity index (χ2n) is 9.14. The van der Waals surface area contributed by atoms with E-state index in [4.69, 9.17) is 14.2 Å². The summed E-state index contributed by atoms with van der Waals surface area (Å²) in [5, 5.41) is 4.93. The molecule has 2 N–H and O–H groups in total. The van der Waals surface area contributed by atoms with Crippen LogP contribution in [0, 0.1) is 13.8 Å². The maximum absolute atomic E-state index is 12.9. The van der Waals surface area contributed by atoms with E-state index in [0.29, 0.717) is 34.2 Å². The third-order valence-electron chi connectivity index (χ3n) is 5.91. The minimum Gasteiger partial charge on any atom is -0.495 e. The molecule has 0 aromatic heterocycles. The van der Waals surface area contributed by atoms with Gasteiger partial charge in [-0.2, -0.15) is 0 Å². The monoisotopic (exact) mass is 575 g/mol. The van der Waals surface area contributed by atoms with Crippen LogP contribution in [0.1, 0.15) is 16.7 Å².